The average Bonchev–Trinajstić information content (AvgIpc) is 3.75. The van der Waals surface area contributed by atoms with Gasteiger partial charge in [0, 0.05) is 6.61 Å². The van der Waals surface area contributed by atoms with Crippen molar-refractivity contribution >= 4 is 30.8 Å². The van der Waals surface area contributed by atoms with Crippen molar-refractivity contribution in [3.8, 4) is 6.07 Å². The van der Waals surface area contributed by atoms with E-state index in [1.165, 1.54) is 106 Å². The fraction of sp³-hybridized carbons (Fsp3) is 0.675. The summed E-state index contributed by atoms with van der Waals surface area (Å²) < 4.78 is 56.5. The molecule has 1 saturated heterocycles. The number of nitriles is 1. The molecule has 58 heavy (non-hydrogen) atoms. The van der Waals surface area contributed by atoms with Crippen LogP contribution >= 0.6 is 19.4 Å². The molecule has 1 fully saturated rings. The van der Waals surface area contributed by atoms with Crippen molar-refractivity contribution in [1.29, 1.82) is 5.26 Å². The summed E-state index contributed by atoms with van der Waals surface area (Å²) in [6.45, 7) is 1.32. The minimum Gasteiger partial charge on any atom is -0.387 e. The number of aliphatic hydroxyl groups is 2. The van der Waals surface area contributed by atoms with Gasteiger partial charge < -0.3 is 35.1 Å². The van der Waals surface area contributed by atoms with Crippen LogP contribution in [0.5, 0.6) is 0 Å². The van der Waals surface area contributed by atoms with Crippen LogP contribution in [-0.2, 0) is 40.2 Å². The summed E-state index contributed by atoms with van der Waals surface area (Å²) in [6, 6.07) is 7.43. The molecule has 0 bridgehead atoms. The zero-order valence-electron chi connectivity index (χ0n) is 33.5. The highest BCUT2D eigenvalue weighted by molar-refractivity contribution is 7.47. The Morgan fingerprint density at radius 1 is 1.00 bits per heavy atom. The number of halogens is 2. The van der Waals surface area contributed by atoms with Gasteiger partial charge in [-0.15, -0.1) is 0 Å². The van der Waals surface area contributed by atoms with Crippen molar-refractivity contribution < 1.29 is 47.3 Å². The molecule has 1 aromatic carbocycles. The largest absolute Gasteiger partial charge is 0.472 e. The number of fused-ring (bicyclic) bond motifs is 1. The predicted molar refractivity (Wildman–Crippen MR) is 217 cm³/mol. The zero-order chi connectivity index (χ0) is 42.0. The molecule has 0 amide bonds. The first-order valence-electron chi connectivity index (χ1n) is 20.5. The van der Waals surface area contributed by atoms with Gasteiger partial charge in [0.05, 0.1) is 42.7 Å². The topological polar surface area (TPSA) is 230 Å². The minimum atomic E-state index is -4.81. The van der Waals surface area contributed by atoms with Gasteiger partial charge in [0.25, 0.3) is 0 Å². The molecule has 1 aliphatic heterocycles. The number of nitrogens with zero attached hydrogens (tertiary/aromatic N) is 4. The maximum atomic E-state index is 14.3. The van der Waals surface area contributed by atoms with Crippen LogP contribution in [0.15, 0.2) is 30.6 Å². The fourth-order valence-electron chi connectivity index (χ4n) is 6.96. The van der Waals surface area contributed by atoms with Crippen LogP contribution < -0.4 is 11.5 Å². The first-order chi connectivity index (χ1) is 27.9. The number of phosphoric acid groups is 1. The lowest BCUT2D eigenvalue weighted by atomic mass is 10.0. The Bertz CT molecular complexity index is 1790. The van der Waals surface area contributed by atoms with Crippen molar-refractivity contribution in [2.45, 2.75) is 146 Å². The third-order valence-electron chi connectivity index (χ3n) is 10.3. The van der Waals surface area contributed by atoms with E-state index >= 15 is 0 Å². The van der Waals surface area contributed by atoms with Crippen LogP contribution in [0.25, 0.3) is 5.52 Å². The summed E-state index contributed by atoms with van der Waals surface area (Å²) >= 11 is 5.87. The van der Waals surface area contributed by atoms with Gasteiger partial charge in [-0.3, -0.25) is 14.8 Å². The molecule has 0 radical (unpaired) electrons. The molecule has 18 heteroatoms. The first-order valence-corrected chi connectivity index (χ1v) is 22.4. The van der Waals surface area contributed by atoms with Crippen LogP contribution in [0.2, 0.25) is 5.02 Å². The Hall–Kier alpha value is -2.78. The van der Waals surface area contributed by atoms with Gasteiger partial charge in [0.15, 0.2) is 11.5 Å². The minimum absolute atomic E-state index is 0.0222. The number of unbranched alkanes of at least 4 members (excludes halogenated alkanes) is 15. The summed E-state index contributed by atoms with van der Waals surface area (Å²) in [5, 5.41) is 34.7. The van der Waals surface area contributed by atoms with E-state index in [2.05, 4.69) is 17.0 Å². The summed E-state index contributed by atoms with van der Waals surface area (Å²) in [7, 11) is -4.81. The van der Waals surface area contributed by atoms with Crippen LogP contribution in [0.3, 0.4) is 0 Å². The monoisotopic (exact) mass is 854 g/mol. The standard InChI is InChI=1S/C40H61ClFN6O9P/c1-2-3-4-5-6-7-8-9-10-11-12-13-14-15-16-17-20-53-25-31(54-24-29-21-30(23-43)36(41)32(42)22-29)26-55-58(51,52)56-27-34-37(49)38(50)40(45,57-34)35-19-18-33-39(44)46-28-47-48(33)35/h18-19,21-22,28,31,34,37-38,49-50H,2-17,20,24-27,45H2,1H3,(H,51,52)(H2,44,46,47)/t31-,34-,37-,38-,40+/m1/s1. The van der Waals surface area contributed by atoms with E-state index in [1.807, 2.05) is 6.07 Å². The molecule has 15 nitrogen and oxygen atoms in total. The molecular weight excluding hydrogens is 794 g/mol. The molecule has 0 saturated carbocycles. The van der Waals surface area contributed by atoms with E-state index in [0.29, 0.717) is 17.7 Å². The number of ether oxygens (including phenoxy) is 3. The molecule has 4 rings (SSSR count). The quantitative estimate of drug-likeness (QED) is 0.0344. The second-order valence-electron chi connectivity index (χ2n) is 15.0. The zero-order valence-corrected chi connectivity index (χ0v) is 35.1. The van der Waals surface area contributed by atoms with E-state index in [9.17, 15) is 29.3 Å². The van der Waals surface area contributed by atoms with Crippen LogP contribution in [0.1, 0.15) is 126 Å². The van der Waals surface area contributed by atoms with E-state index in [0.717, 1.165) is 25.3 Å². The van der Waals surface area contributed by atoms with Gasteiger partial charge in [-0.2, -0.15) is 10.4 Å². The van der Waals surface area contributed by atoms with E-state index < -0.39 is 57.0 Å². The lowest BCUT2D eigenvalue weighted by Crippen LogP contribution is -2.49. The van der Waals surface area contributed by atoms with Crippen LogP contribution in [0, 0.1) is 17.1 Å². The Kier molecular flexibility index (Phi) is 20.2. The number of hydrogen-bond donors (Lipinski definition) is 5. The van der Waals surface area contributed by atoms with Crippen molar-refractivity contribution in [2.75, 3.05) is 32.2 Å². The Balaban J connectivity index is 1.20. The molecule has 324 valence electrons. The maximum absolute atomic E-state index is 14.3. The first kappa shape index (κ1) is 47.9. The Morgan fingerprint density at radius 2 is 1.62 bits per heavy atom. The van der Waals surface area contributed by atoms with Crippen molar-refractivity contribution in [3.63, 3.8) is 0 Å². The number of nitrogens with two attached hydrogens (primary N) is 2. The Labute approximate surface area is 345 Å². The number of nitrogen functional groups attached to an aromatic ring is 1. The number of anilines is 1. The molecule has 2 aromatic heterocycles. The van der Waals surface area contributed by atoms with Gasteiger partial charge in [-0.1, -0.05) is 115 Å². The summed E-state index contributed by atoms with van der Waals surface area (Å²) in [5.41, 5.74) is 11.1. The fourth-order valence-corrected chi connectivity index (χ4v) is 7.87. The van der Waals surface area contributed by atoms with Crippen LogP contribution in [-0.4, -0.2) is 80.5 Å². The number of aliphatic hydroxyl groups excluding tert-OH is 2. The second-order valence-corrected chi connectivity index (χ2v) is 16.8. The predicted octanol–water partition coefficient (Wildman–Crippen LogP) is 7.20. The number of phosphoric ester groups is 1. The highest BCUT2D eigenvalue weighted by atomic mass is 35.5. The Morgan fingerprint density at radius 3 is 2.24 bits per heavy atom. The maximum Gasteiger partial charge on any atom is 0.472 e. The molecule has 7 N–H and O–H groups in total. The summed E-state index contributed by atoms with van der Waals surface area (Å²) in [6.07, 6.45) is 15.6. The lowest BCUT2D eigenvalue weighted by molar-refractivity contribution is -0.0982. The number of hydrogen-bond acceptors (Lipinski definition) is 13. The molecular formula is C40H61ClFN6O9P. The second kappa shape index (κ2) is 24.5. The molecule has 1 unspecified atom stereocenters. The lowest BCUT2D eigenvalue weighted by Gasteiger charge is -2.27. The summed E-state index contributed by atoms with van der Waals surface area (Å²) in [4.78, 5) is 14.5. The third-order valence-corrected chi connectivity index (χ3v) is 11.7. The molecule has 0 spiro atoms. The number of benzene rings is 1. The molecule has 0 aliphatic carbocycles. The molecule has 6 atom stereocenters. The van der Waals surface area contributed by atoms with Gasteiger partial charge >= 0.3 is 7.82 Å². The SMILES string of the molecule is CCCCCCCCCCCCCCCCCCOC[C@H](COP(=O)(O)OC[C@H]1O[C@@](N)(c2ccc3c(N)ncnn23)[C@H](O)[C@@H]1O)OCc1cc(F)c(Cl)c(C#N)c1. The summed E-state index contributed by atoms with van der Waals surface area (Å²) in [5.74, 6) is -0.637. The molecule has 3 heterocycles. The smallest absolute Gasteiger partial charge is 0.387 e. The molecule has 1 aliphatic rings. The third kappa shape index (κ3) is 14.4. The van der Waals surface area contributed by atoms with Crippen molar-refractivity contribution in [3.05, 3.63) is 58.3 Å². The van der Waals surface area contributed by atoms with Crippen molar-refractivity contribution in [1.82, 2.24) is 14.6 Å². The highest BCUT2D eigenvalue weighted by Crippen LogP contribution is 2.45. The normalized spacial score (nSPS) is 21.0. The number of rotatable bonds is 29. The van der Waals surface area contributed by atoms with Crippen molar-refractivity contribution in [2.24, 2.45) is 5.73 Å². The van der Waals surface area contributed by atoms with Gasteiger partial charge in [0.1, 0.15) is 48.1 Å². The van der Waals surface area contributed by atoms with Crippen LogP contribution in [0.4, 0.5) is 10.2 Å². The number of aromatic nitrogens is 3. The van der Waals surface area contributed by atoms with Gasteiger partial charge in [0.2, 0.25) is 0 Å². The molecule has 3 aromatic rings. The van der Waals surface area contributed by atoms with E-state index in [-0.39, 0.29) is 35.3 Å². The average molecular weight is 855 g/mol. The van der Waals surface area contributed by atoms with Gasteiger partial charge in [-0.25, -0.2) is 18.5 Å². The van der Waals surface area contributed by atoms with Gasteiger partial charge in [-0.05, 0) is 36.2 Å². The highest BCUT2D eigenvalue weighted by Gasteiger charge is 2.55. The van der Waals surface area contributed by atoms with E-state index in [1.54, 1.807) is 6.07 Å². The van der Waals surface area contributed by atoms with E-state index in [4.69, 9.17) is 46.3 Å².